The number of thiophene rings is 1. The van der Waals surface area contributed by atoms with Crippen molar-refractivity contribution in [3.63, 3.8) is 0 Å². The van der Waals surface area contributed by atoms with Gasteiger partial charge in [0.15, 0.2) is 5.78 Å². The third-order valence-corrected chi connectivity index (χ3v) is 7.18. The molecule has 0 spiro atoms. The fourth-order valence-electron chi connectivity index (χ4n) is 2.95. The van der Waals surface area contributed by atoms with Gasteiger partial charge in [0.25, 0.3) is 10.0 Å². The zero-order chi connectivity index (χ0) is 20.4. The maximum Gasteiger partial charge on any atom is 0.250 e. The Hall–Kier alpha value is -2.28. The number of benzene rings is 2. The lowest BCUT2D eigenvalue weighted by Gasteiger charge is -2.24. The Morgan fingerprint density at radius 2 is 1.57 bits per heavy atom. The molecule has 0 amide bonds. The summed E-state index contributed by atoms with van der Waals surface area (Å²) in [5.74, 6) is -0.0284. The summed E-state index contributed by atoms with van der Waals surface area (Å²) >= 11 is 1.16. The van der Waals surface area contributed by atoms with Crippen molar-refractivity contribution in [2.75, 3.05) is 0 Å². The van der Waals surface area contributed by atoms with E-state index in [4.69, 9.17) is 0 Å². The van der Waals surface area contributed by atoms with Gasteiger partial charge in [-0.3, -0.25) is 4.79 Å². The summed E-state index contributed by atoms with van der Waals surface area (Å²) in [6.07, 6.45) is 0. The summed E-state index contributed by atoms with van der Waals surface area (Å²) in [5.41, 5.74) is 1.37. The highest BCUT2D eigenvalue weighted by atomic mass is 32.2. The first-order valence-corrected chi connectivity index (χ1v) is 11.3. The second kappa shape index (κ2) is 7.99. The zero-order valence-electron chi connectivity index (χ0n) is 16.0. The lowest BCUT2D eigenvalue weighted by Crippen LogP contribution is -2.31. The van der Waals surface area contributed by atoms with Gasteiger partial charge in [-0.2, -0.15) is 4.72 Å². The van der Waals surface area contributed by atoms with Crippen LogP contribution in [0, 0.1) is 5.41 Å². The van der Waals surface area contributed by atoms with E-state index >= 15 is 0 Å². The summed E-state index contributed by atoms with van der Waals surface area (Å²) in [6, 6.07) is 19.1. The van der Waals surface area contributed by atoms with Crippen LogP contribution in [0.2, 0.25) is 0 Å². The van der Waals surface area contributed by atoms with E-state index < -0.39 is 21.5 Å². The molecule has 28 heavy (non-hydrogen) atoms. The topological polar surface area (TPSA) is 63.2 Å². The molecule has 0 saturated heterocycles. The van der Waals surface area contributed by atoms with Crippen molar-refractivity contribution in [2.45, 2.75) is 31.0 Å². The Balaban J connectivity index is 2.13. The average molecular weight is 414 g/mol. The van der Waals surface area contributed by atoms with E-state index in [1.165, 1.54) is 0 Å². The molecule has 1 unspecified atom stereocenters. The van der Waals surface area contributed by atoms with Crippen LogP contribution in [0.4, 0.5) is 0 Å². The van der Waals surface area contributed by atoms with Crippen LogP contribution in [0.1, 0.15) is 48.3 Å². The molecule has 0 fully saturated rings. The molecule has 146 valence electrons. The summed E-state index contributed by atoms with van der Waals surface area (Å²) in [6.45, 7) is 5.58. The zero-order valence-corrected chi connectivity index (χ0v) is 17.7. The predicted octanol–water partition coefficient (Wildman–Crippen LogP) is 5.04. The van der Waals surface area contributed by atoms with Crippen molar-refractivity contribution in [1.29, 1.82) is 0 Å². The van der Waals surface area contributed by atoms with Crippen LogP contribution in [0.15, 0.2) is 76.3 Å². The van der Waals surface area contributed by atoms with Gasteiger partial charge in [0.2, 0.25) is 0 Å². The molecule has 3 rings (SSSR count). The maximum absolute atomic E-state index is 13.0. The van der Waals surface area contributed by atoms with Gasteiger partial charge >= 0.3 is 0 Å². The second-order valence-corrected chi connectivity index (χ2v) is 10.5. The van der Waals surface area contributed by atoms with Crippen molar-refractivity contribution in [3.05, 3.63) is 88.8 Å². The summed E-state index contributed by atoms with van der Waals surface area (Å²) in [5, 5.41) is 1.73. The SMILES string of the molecule is CC(C)(C)C(=O)c1ccccc1C(NS(=O)(=O)c1cccs1)c1ccccc1. The van der Waals surface area contributed by atoms with Crippen molar-refractivity contribution >= 4 is 27.1 Å². The minimum absolute atomic E-state index is 0.0284. The maximum atomic E-state index is 13.0. The molecule has 0 aliphatic carbocycles. The van der Waals surface area contributed by atoms with Gasteiger partial charge in [0.1, 0.15) is 4.21 Å². The molecule has 3 aromatic rings. The molecule has 1 heterocycles. The number of sulfonamides is 1. The molecular formula is C22H23NO3S2. The van der Waals surface area contributed by atoms with Gasteiger partial charge in [-0.15, -0.1) is 11.3 Å². The fourth-order valence-corrected chi connectivity index (χ4v) is 5.16. The third kappa shape index (κ3) is 4.41. The smallest absolute Gasteiger partial charge is 0.250 e. The van der Waals surface area contributed by atoms with Gasteiger partial charge in [0, 0.05) is 11.0 Å². The molecule has 0 radical (unpaired) electrons. The summed E-state index contributed by atoms with van der Waals surface area (Å²) in [7, 11) is -3.73. The summed E-state index contributed by atoms with van der Waals surface area (Å²) in [4.78, 5) is 13.0. The van der Waals surface area contributed by atoms with Gasteiger partial charge in [-0.25, -0.2) is 8.42 Å². The van der Waals surface area contributed by atoms with E-state index in [0.29, 0.717) is 11.1 Å². The molecule has 1 atom stereocenters. The number of nitrogens with one attached hydrogen (secondary N) is 1. The monoisotopic (exact) mass is 413 g/mol. The molecule has 1 aromatic heterocycles. The van der Waals surface area contributed by atoms with Crippen molar-refractivity contribution in [3.8, 4) is 0 Å². The Morgan fingerprint density at radius 1 is 0.929 bits per heavy atom. The van der Waals surface area contributed by atoms with E-state index in [0.717, 1.165) is 16.9 Å². The third-order valence-electron chi connectivity index (χ3n) is 4.36. The Bertz CT molecular complexity index is 1050. The molecule has 4 nitrogen and oxygen atoms in total. The van der Waals surface area contributed by atoms with Crippen LogP contribution in [0.5, 0.6) is 0 Å². The van der Waals surface area contributed by atoms with Crippen molar-refractivity contribution in [1.82, 2.24) is 4.72 Å². The first-order chi connectivity index (χ1) is 13.2. The Kier molecular flexibility index (Phi) is 5.84. The highest BCUT2D eigenvalue weighted by molar-refractivity contribution is 7.91. The molecule has 0 aliphatic rings. The van der Waals surface area contributed by atoms with Crippen molar-refractivity contribution < 1.29 is 13.2 Å². The highest BCUT2D eigenvalue weighted by Gasteiger charge is 2.30. The Morgan fingerprint density at radius 3 is 2.18 bits per heavy atom. The molecule has 0 aliphatic heterocycles. The number of rotatable bonds is 6. The quantitative estimate of drug-likeness (QED) is 0.576. The van der Waals surface area contributed by atoms with Crippen LogP contribution in [0.3, 0.4) is 0 Å². The lowest BCUT2D eigenvalue weighted by molar-refractivity contribution is 0.0857. The van der Waals surface area contributed by atoms with Crippen LogP contribution >= 0.6 is 11.3 Å². The first kappa shape index (κ1) is 20.5. The number of carbonyl (C=O) groups excluding carboxylic acids is 1. The van der Waals surface area contributed by atoms with E-state index in [-0.39, 0.29) is 9.99 Å². The van der Waals surface area contributed by atoms with Crippen LogP contribution in [-0.4, -0.2) is 14.2 Å². The van der Waals surface area contributed by atoms with E-state index in [2.05, 4.69) is 4.72 Å². The first-order valence-electron chi connectivity index (χ1n) is 8.94. The van der Waals surface area contributed by atoms with Crippen LogP contribution < -0.4 is 4.72 Å². The van der Waals surface area contributed by atoms with Crippen molar-refractivity contribution in [2.24, 2.45) is 5.41 Å². The largest absolute Gasteiger partial charge is 0.294 e. The number of Topliss-reactive ketones (excluding diaryl/α,β-unsaturated/α-hetero) is 1. The molecular weight excluding hydrogens is 390 g/mol. The Labute approximate surface area is 170 Å². The van der Waals surface area contributed by atoms with Gasteiger partial charge in [-0.1, -0.05) is 81.4 Å². The summed E-state index contributed by atoms with van der Waals surface area (Å²) < 4.78 is 28.9. The molecule has 2 aromatic carbocycles. The lowest BCUT2D eigenvalue weighted by atomic mass is 9.82. The van der Waals surface area contributed by atoms with Gasteiger partial charge < -0.3 is 0 Å². The number of ketones is 1. The molecule has 0 bridgehead atoms. The number of hydrogen-bond acceptors (Lipinski definition) is 4. The number of hydrogen-bond donors (Lipinski definition) is 1. The molecule has 6 heteroatoms. The highest BCUT2D eigenvalue weighted by Crippen LogP contribution is 2.31. The predicted molar refractivity (Wildman–Crippen MR) is 113 cm³/mol. The fraction of sp³-hybridized carbons (Fsp3) is 0.227. The molecule has 1 N–H and O–H groups in total. The minimum atomic E-state index is -3.73. The van der Waals surface area contributed by atoms with Gasteiger partial charge in [-0.05, 0) is 22.6 Å². The van der Waals surface area contributed by atoms with E-state index in [1.54, 1.807) is 29.6 Å². The average Bonchev–Trinajstić information content (AvgIpc) is 3.21. The standard InChI is InChI=1S/C22H23NO3S2/c1-22(2,3)21(24)18-13-8-7-12-17(18)20(16-10-5-4-6-11-16)23-28(25,26)19-14-9-15-27-19/h4-15,20,23H,1-3H3. The van der Waals surface area contributed by atoms with Crippen LogP contribution in [0.25, 0.3) is 0 Å². The van der Waals surface area contributed by atoms with E-state index in [1.807, 2.05) is 63.2 Å². The van der Waals surface area contributed by atoms with E-state index in [9.17, 15) is 13.2 Å². The number of carbonyl (C=O) groups is 1. The molecule has 0 saturated carbocycles. The second-order valence-electron chi connectivity index (χ2n) is 7.56. The minimum Gasteiger partial charge on any atom is -0.294 e. The van der Waals surface area contributed by atoms with Crippen LogP contribution in [-0.2, 0) is 10.0 Å². The normalized spacial score (nSPS) is 13.2. The van der Waals surface area contributed by atoms with Gasteiger partial charge in [0.05, 0.1) is 6.04 Å².